The fourth-order valence-corrected chi connectivity index (χ4v) is 19.5. The first-order chi connectivity index (χ1) is 55.7. The van der Waals surface area contributed by atoms with Gasteiger partial charge in [-0.05, 0) is 260 Å². The molecule has 0 N–H and O–H groups in total. The van der Waals surface area contributed by atoms with Crippen LogP contribution in [-0.4, -0.2) is 39.9 Å². The maximum absolute atomic E-state index is 4.75. The number of nitrogens with zero attached hydrogens (tertiary/aromatic N) is 8. The Morgan fingerprint density at radius 1 is 0.211 bits per heavy atom. The van der Waals surface area contributed by atoms with Gasteiger partial charge in [0.15, 0.2) is 0 Å². The first-order valence-electron chi connectivity index (χ1n) is 42.8. The Bertz CT molecular complexity index is 4970. The van der Waals surface area contributed by atoms with Gasteiger partial charge in [0.1, 0.15) is 0 Å². The van der Waals surface area contributed by atoms with E-state index in [-0.39, 0.29) is 43.3 Å². The highest BCUT2D eigenvalue weighted by Gasteiger charge is 2.69. The Morgan fingerprint density at radius 3 is 0.596 bits per heavy atom. The Kier molecular flexibility index (Phi) is 21.5. The van der Waals surface area contributed by atoms with Crippen LogP contribution in [0.3, 0.4) is 0 Å². The van der Waals surface area contributed by atoms with E-state index >= 15 is 0 Å². The van der Waals surface area contributed by atoms with Gasteiger partial charge in [0.25, 0.3) is 0 Å². The van der Waals surface area contributed by atoms with Gasteiger partial charge in [-0.25, -0.2) is 0 Å². The highest BCUT2D eigenvalue weighted by molar-refractivity contribution is 5.66. The first-order valence-corrected chi connectivity index (χ1v) is 42.8. The van der Waals surface area contributed by atoms with Crippen LogP contribution < -0.4 is 0 Å². The molecule has 0 radical (unpaired) electrons. The summed E-state index contributed by atoms with van der Waals surface area (Å²) < 4.78 is 0. The van der Waals surface area contributed by atoms with Crippen LogP contribution in [0, 0.1) is 138 Å². The average molecular weight is 1490 g/mol. The first kappa shape index (κ1) is 75.6. The number of rotatable bonds is 24. The Labute approximate surface area is 677 Å². The number of hydrogen-bond donors (Lipinski definition) is 0. The molecule has 0 atom stereocenters. The zero-order valence-electron chi connectivity index (χ0n) is 67.2. The predicted octanol–water partition coefficient (Wildman–Crippen LogP) is 22.3. The van der Waals surface area contributed by atoms with Crippen molar-refractivity contribution in [3.63, 3.8) is 0 Å². The zero-order valence-corrected chi connectivity index (χ0v) is 67.2. The largest absolute Gasteiger partial charge is 0.255 e. The topological polar surface area (TPSA) is 103 Å². The molecule has 0 aliphatic heterocycles. The second-order valence-electron chi connectivity index (χ2n) is 35.5. The van der Waals surface area contributed by atoms with Crippen molar-refractivity contribution in [1.29, 1.82) is 0 Å². The molecule has 0 saturated heterocycles. The Morgan fingerprint density at radius 2 is 0.395 bits per heavy atom. The van der Waals surface area contributed by atoms with Crippen LogP contribution in [0.25, 0.3) is 45.6 Å². The number of aryl methyl sites for hydroxylation is 4. The van der Waals surface area contributed by atoms with Gasteiger partial charge in [-0.15, -0.1) is 0 Å². The fraction of sp³-hybridized carbons (Fsp3) is 0.415. The predicted molar refractivity (Wildman–Crippen MR) is 458 cm³/mol. The molecule has 12 aliphatic carbocycles. The molecule has 0 unspecified atom stereocenters. The summed E-state index contributed by atoms with van der Waals surface area (Å²) in [7, 11) is 0. The van der Waals surface area contributed by atoms with Gasteiger partial charge in [0.05, 0.1) is 45.6 Å². The van der Waals surface area contributed by atoms with Crippen molar-refractivity contribution in [2.75, 3.05) is 0 Å². The van der Waals surface area contributed by atoms with E-state index in [9.17, 15) is 0 Å². The lowest BCUT2D eigenvalue weighted by molar-refractivity contribution is -0.113. The van der Waals surface area contributed by atoms with E-state index in [1.807, 2.05) is 73.8 Å². The molecule has 566 valence electrons. The van der Waals surface area contributed by atoms with Crippen molar-refractivity contribution in [2.24, 2.45) is 43.3 Å². The lowest BCUT2D eigenvalue weighted by Gasteiger charge is -2.65. The monoisotopic (exact) mass is 1490 g/mol. The summed E-state index contributed by atoms with van der Waals surface area (Å²) in [5, 5.41) is 0. The lowest BCUT2D eigenvalue weighted by atomic mass is 9.35. The molecule has 12 saturated carbocycles. The minimum absolute atomic E-state index is 0.0403. The van der Waals surface area contributed by atoms with Crippen LogP contribution >= 0.6 is 0 Å². The van der Waals surface area contributed by atoms with E-state index in [4.69, 9.17) is 39.9 Å². The standard InChI is InChI=1S/C106H102N8/c1-5-9-13-17-21-79-33-49-107-91(57-79)95-61-83(37-53-111-95)25-41-99-67-103(68-99,69-99)45-29-87-65-89(31-47-105-73-101(74-105,75-105)43-27-85-39-55-113-97(63-85)93-59-81(35-51-109-93)23-19-15-11-7-3)90(32-48-106-76-102(77-106,78-106)44-28-86-40-56-114-98(64-86)94-60-82(36-52-110-94)24-20-16-12-8-4)66-88(87)30-46-104-70-100(71-104,72-104)42-26-84-38-54-112-96(62-84)92-58-80(34-50-108-92)22-18-14-10-6-2/h33-40,49-66H,5-24,67-78H2,1-4H3. The fourth-order valence-electron chi connectivity index (χ4n) is 19.5. The summed E-state index contributed by atoms with van der Waals surface area (Å²) in [5.41, 5.74) is 19.3. The van der Waals surface area contributed by atoms with Crippen molar-refractivity contribution in [3.8, 4) is 140 Å². The van der Waals surface area contributed by atoms with E-state index in [1.165, 1.54) is 125 Å². The van der Waals surface area contributed by atoms with Gasteiger partial charge in [0.2, 0.25) is 0 Å². The molecule has 1 aromatic carbocycles. The van der Waals surface area contributed by atoms with Crippen molar-refractivity contribution in [1.82, 2.24) is 39.9 Å². The summed E-state index contributed by atoms with van der Waals surface area (Å²) in [4.78, 5) is 37.9. The molecule has 8 heterocycles. The van der Waals surface area contributed by atoms with E-state index < -0.39 is 0 Å². The molecule has 0 amide bonds. The van der Waals surface area contributed by atoms with Gasteiger partial charge >= 0.3 is 0 Å². The minimum Gasteiger partial charge on any atom is -0.255 e. The third-order valence-corrected chi connectivity index (χ3v) is 25.7. The molecule has 12 fully saturated rings. The van der Waals surface area contributed by atoms with Crippen molar-refractivity contribution in [2.45, 2.75) is 233 Å². The van der Waals surface area contributed by atoms with Crippen LogP contribution in [-0.2, 0) is 25.7 Å². The van der Waals surface area contributed by atoms with Crippen LogP contribution in [0.15, 0.2) is 159 Å². The molecule has 0 spiro atoms. The molecule has 8 aromatic heterocycles. The minimum atomic E-state index is -0.0921. The van der Waals surface area contributed by atoms with Crippen LogP contribution in [0.4, 0.5) is 0 Å². The van der Waals surface area contributed by atoms with Crippen molar-refractivity contribution >= 4 is 0 Å². The van der Waals surface area contributed by atoms with Crippen LogP contribution in [0.1, 0.15) is 274 Å². The van der Waals surface area contributed by atoms with E-state index in [2.05, 4.69) is 207 Å². The van der Waals surface area contributed by atoms with Crippen LogP contribution in [0.2, 0.25) is 0 Å². The van der Waals surface area contributed by atoms with E-state index in [1.54, 1.807) is 0 Å². The van der Waals surface area contributed by atoms with Gasteiger partial charge in [-0.1, -0.05) is 199 Å². The maximum Gasteiger partial charge on any atom is 0.0898 e. The normalized spacial score (nSPS) is 24.3. The average Bonchev–Trinajstić information content (AvgIpc) is 0.701. The second-order valence-corrected chi connectivity index (χ2v) is 35.5. The summed E-state index contributed by atoms with van der Waals surface area (Å²) in [6.07, 6.45) is 50.6. The zero-order chi connectivity index (χ0) is 77.5. The smallest absolute Gasteiger partial charge is 0.0898 e. The lowest BCUT2D eigenvalue weighted by Crippen LogP contribution is -2.60. The number of aromatic nitrogens is 8. The Balaban J connectivity index is 0.646. The molecule has 8 heteroatoms. The molecule has 8 bridgehead atoms. The van der Waals surface area contributed by atoms with Crippen LogP contribution in [0.5, 0.6) is 0 Å². The second kappa shape index (κ2) is 32.4. The summed E-state index contributed by atoms with van der Waals surface area (Å²) >= 11 is 0. The number of unbranched alkanes of at least 4 members (excludes halogenated alkanes) is 12. The van der Waals surface area contributed by atoms with Gasteiger partial charge in [-0.3, -0.25) is 39.9 Å². The molecule has 9 aromatic rings. The van der Waals surface area contributed by atoms with Gasteiger partial charge in [0, 0.05) is 137 Å². The van der Waals surface area contributed by atoms with Crippen molar-refractivity contribution < 1.29 is 0 Å². The molecule has 12 aliphatic rings. The highest BCUT2D eigenvalue weighted by atomic mass is 14.8. The molecule has 114 heavy (non-hydrogen) atoms. The maximum atomic E-state index is 4.75. The number of benzene rings is 1. The Hall–Kier alpha value is -11.1. The summed E-state index contributed by atoms with van der Waals surface area (Å²) in [6, 6.07) is 38.3. The SMILES string of the molecule is CCCCCCc1ccnc(-c2cc(C#CC34CC(C#Cc5cc(C#CC67CC(C#Cc8ccnc(-c9cc(CCCCCC)ccn9)c8)(C6)C7)c(C#CC67CC(C#Cc8ccnc(-c9cc(CCCCCC)ccn9)c8)(C6)C7)cc5C#CC56CC(C#Cc7ccnc(-c8cc(CCCCCC)ccn8)c7)(C5)C6)(C3)C4)ccn2)c1. The third kappa shape index (κ3) is 16.8. The van der Waals surface area contributed by atoms with Gasteiger partial charge < -0.3 is 0 Å². The number of pyridine rings is 8. The molecule has 21 rings (SSSR count). The third-order valence-electron chi connectivity index (χ3n) is 25.7. The molecular formula is C106H102N8. The quantitative estimate of drug-likeness (QED) is 0.0435. The van der Waals surface area contributed by atoms with Gasteiger partial charge in [-0.2, -0.15) is 0 Å². The molecular weight excluding hydrogens is 1390 g/mol. The molecule has 8 nitrogen and oxygen atoms in total. The van der Waals surface area contributed by atoms with E-state index in [0.717, 1.165) is 193 Å². The summed E-state index contributed by atoms with van der Waals surface area (Å²) in [6.45, 7) is 9.03. The summed E-state index contributed by atoms with van der Waals surface area (Å²) in [5.74, 6) is 60.1. The highest BCUT2D eigenvalue weighted by Crippen LogP contribution is 2.75. The van der Waals surface area contributed by atoms with Crippen molar-refractivity contribution in [3.05, 3.63) is 226 Å². The van der Waals surface area contributed by atoms with E-state index in [0.29, 0.717) is 0 Å². The number of hydrogen-bond acceptors (Lipinski definition) is 8.